The molecule has 0 spiro atoms. The maximum Gasteiger partial charge on any atom is 0.360 e. The predicted molar refractivity (Wildman–Crippen MR) is 171 cm³/mol. The van der Waals surface area contributed by atoms with Crippen LogP contribution in [0.2, 0.25) is 0 Å². The maximum absolute atomic E-state index is 14.1. The molecule has 0 saturated carbocycles. The zero-order valence-corrected chi connectivity index (χ0v) is 25.9. The fourth-order valence-corrected chi connectivity index (χ4v) is 6.95. The number of H-pyrrole nitrogens is 2. The molecule has 0 aliphatic carbocycles. The van der Waals surface area contributed by atoms with Gasteiger partial charge in [-0.3, -0.25) is 4.79 Å². The lowest BCUT2D eigenvalue weighted by molar-refractivity contribution is 0.0710. The summed E-state index contributed by atoms with van der Waals surface area (Å²) < 4.78 is 73.4. The van der Waals surface area contributed by atoms with E-state index in [-0.39, 0.29) is 11.6 Å². The van der Waals surface area contributed by atoms with Crippen molar-refractivity contribution in [3.8, 4) is 5.75 Å². The number of hydrogen-bond donors (Lipinski definition) is 2. The minimum absolute atomic E-state index is 0.289. The molecule has 2 N–H and O–H groups in total. The first-order chi connectivity index (χ1) is 23.7. The van der Waals surface area contributed by atoms with Gasteiger partial charge in [-0.25, -0.2) is 22.9 Å². The average molecular weight is 692 g/mol. The monoisotopic (exact) mass is 691 g/mol. The van der Waals surface area contributed by atoms with E-state index >= 15 is 0 Å². The summed E-state index contributed by atoms with van der Waals surface area (Å²) in [6, 6.07) is 11.8. The normalized spacial score (nSPS) is 14.6. The van der Waals surface area contributed by atoms with Crippen LogP contribution in [0.5, 0.6) is 5.75 Å². The second kappa shape index (κ2) is 11.8. The third-order valence-electron chi connectivity index (χ3n) is 8.55. The summed E-state index contributed by atoms with van der Waals surface area (Å²) in [6.07, 6.45) is 4.44. The summed E-state index contributed by atoms with van der Waals surface area (Å²) in [5.41, 5.74) is 3.13. The fraction of sp³-hybridized carbons (Fsp3) is 0.182. The number of rotatable bonds is 6. The molecule has 0 bridgehead atoms. The number of nitrogens with one attached hydrogen (secondary N) is 2. The van der Waals surface area contributed by atoms with Crippen molar-refractivity contribution in [1.82, 2.24) is 15.0 Å². The van der Waals surface area contributed by atoms with Crippen LogP contribution in [-0.4, -0.2) is 46.5 Å². The summed E-state index contributed by atoms with van der Waals surface area (Å²) in [4.78, 5) is 40.6. The highest BCUT2D eigenvalue weighted by Gasteiger charge is 2.31. The summed E-state index contributed by atoms with van der Waals surface area (Å²) in [7, 11) is 0. The number of esters is 1. The van der Waals surface area contributed by atoms with Crippen molar-refractivity contribution in [3.63, 3.8) is 0 Å². The molecule has 3 aromatic heterocycles. The molecule has 0 atom stereocenters. The van der Waals surface area contributed by atoms with Gasteiger partial charge in [0.05, 0.1) is 11.9 Å². The second-order valence-electron chi connectivity index (χ2n) is 11.5. The van der Waals surface area contributed by atoms with Gasteiger partial charge in [0.2, 0.25) is 34.8 Å². The average Bonchev–Trinajstić information content (AvgIpc) is 3.95. The predicted octanol–water partition coefficient (Wildman–Crippen LogP) is 8.24. The van der Waals surface area contributed by atoms with E-state index < -0.39 is 40.8 Å². The van der Waals surface area contributed by atoms with Gasteiger partial charge in [-0.15, -0.1) is 10.2 Å². The van der Waals surface area contributed by atoms with Crippen LogP contribution < -0.4 is 14.5 Å². The molecule has 2 aliphatic heterocycles. The Labute approximate surface area is 276 Å². The second-order valence-corrected chi connectivity index (χ2v) is 12.5. The number of anilines is 2. The molecule has 10 nitrogen and oxygen atoms in total. The first-order valence-corrected chi connectivity index (χ1v) is 15.9. The number of benzene rings is 3. The number of nitrogens with zero attached hydrogens (tertiary/aromatic N) is 5. The molecule has 0 unspecified atom stereocenters. The van der Waals surface area contributed by atoms with Crippen LogP contribution in [-0.2, 0) is 6.42 Å². The Kier molecular flexibility index (Phi) is 7.39. The summed E-state index contributed by atoms with van der Waals surface area (Å²) in [5, 5.41) is 11.6. The van der Waals surface area contributed by atoms with Crippen molar-refractivity contribution in [2.45, 2.75) is 19.3 Å². The molecule has 16 heteroatoms. The Hall–Kier alpha value is -5.64. The number of thiazole rings is 1. The van der Waals surface area contributed by atoms with Crippen molar-refractivity contribution < 1.29 is 36.3 Å². The molecule has 3 aromatic carbocycles. The van der Waals surface area contributed by atoms with E-state index in [1.54, 1.807) is 35.4 Å². The Bertz CT molecular complexity index is 2330. The first kappa shape index (κ1) is 30.7. The van der Waals surface area contributed by atoms with Crippen molar-refractivity contribution in [3.05, 3.63) is 94.7 Å². The molecule has 5 heterocycles. The van der Waals surface area contributed by atoms with Crippen molar-refractivity contribution in [1.29, 1.82) is 0 Å². The van der Waals surface area contributed by atoms with E-state index in [0.29, 0.717) is 51.5 Å². The van der Waals surface area contributed by atoms with Crippen LogP contribution in [0.1, 0.15) is 39.4 Å². The van der Waals surface area contributed by atoms with Gasteiger partial charge in [-0.2, -0.15) is 8.78 Å². The van der Waals surface area contributed by atoms with Crippen molar-refractivity contribution in [2.24, 2.45) is 10.2 Å². The number of fused-ring (bicyclic) bond motifs is 4. The SMILES string of the molecule is O=C(Oc1c(F)c(F)c(F)c(F)c1F)c1cc2c3c(ccc2[nH]1)N(C(=O)c1cc2cc(/N=N/c4cnc(N5CCCC5)s4)ccc2[nH]1)CC3. The molecule has 6 aromatic rings. The Morgan fingerprint density at radius 2 is 1.53 bits per heavy atom. The highest BCUT2D eigenvalue weighted by molar-refractivity contribution is 7.19. The molecular formula is C33H22F5N7O3S. The molecule has 1 amide bonds. The van der Waals surface area contributed by atoms with Crippen LogP contribution in [0.15, 0.2) is 58.9 Å². The standard InChI is InChI=1S/C33H22F5N7O3S/c34-25-26(35)28(37)30(29(38)27(25)36)48-32(47)22-13-18-17-7-10-45(23(17)6-5-20(18)41-22)31(46)21-12-15-11-16(3-4-19(15)40-21)42-43-24-14-39-33(49-24)44-8-1-2-9-44/h3-6,11-14,40-41H,1-2,7-10H2/b43-42+. The van der Waals surface area contributed by atoms with Gasteiger partial charge < -0.3 is 24.5 Å². The molecule has 2 aliphatic rings. The maximum atomic E-state index is 14.1. The van der Waals surface area contributed by atoms with Gasteiger partial charge in [-0.1, -0.05) is 11.3 Å². The van der Waals surface area contributed by atoms with E-state index in [2.05, 4.69) is 34.8 Å². The molecule has 248 valence electrons. The quantitative estimate of drug-likeness (QED) is 0.0456. The van der Waals surface area contributed by atoms with Crippen molar-refractivity contribution in [2.75, 3.05) is 29.4 Å². The third-order valence-corrected chi connectivity index (χ3v) is 9.49. The Balaban J connectivity index is 1.01. The van der Waals surface area contributed by atoms with E-state index in [4.69, 9.17) is 0 Å². The fourth-order valence-electron chi connectivity index (χ4n) is 6.16. The van der Waals surface area contributed by atoms with Gasteiger partial charge in [0, 0.05) is 47.1 Å². The minimum atomic E-state index is -2.37. The molecule has 1 fully saturated rings. The van der Waals surface area contributed by atoms with E-state index in [1.807, 2.05) is 12.1 Å². The van der Waals surface area contributed by atoms with E-state index in [0.717, 1.165) is 42.0 Å². The lowest BCUT2D eigenvalue weighted by Crippen LogP contribution is -2.29. The summed E-state index contributed by atoms with van der Waals surface area (Å²) >= 11 is 1.48. The van der Waals surface area contributed by atoms with Crippen LogP contribution in [0, 0.1) is 29.1 Å². The number of hydrogen-bond acceptors (Lipinski definition) is 8. The molecule has 49 heavy (non-hydrogen) atoms. The summed E-state index contributed by atoms with van der Waals surface area (Å²) in [6.45, 7) is 2.31. The highest BCUT2D eigenvalue weighted by Crippen LogP contribution is 2.37. The smallest absolute Gasteiger partial charge is 0.360 e. The number of aromatic nitrogens is 3. The third kappa shape index (κ3) is 5.28. The van der Waals surface area contributed by atoms with Gasteiger partial charge in [0.15, 0.2) is 10.1 Å². The Morgan fingerprint density at radius 3 is 2.31 bits per heavy atom. The van der Waals surface area contributed by atoms with Crippen LogP contribution in [0.4, 0.5) is 43.5 Å². The van der Waals surface area contributed by atoms with E-state index in [1.165, 1.54) is 17.4 Å². The molecular weight excluding hydrogens is 669 g/mol. The van der Waals surface area contributed by atoms with Gasteiger partial charge >= 0.3 is 5.97 Å². The van der Waals surface area contributed by atoms with Crippen LogP contribution >= 0.6 is 11.3 Å². The zero-order valence-electron chi connectivity index (χ0n) is 25.1. The first-order valence-electron chi connectivity index (χ1n) is 15.1. The van der Waals surface area contributed by atoms with Gasteiger partial charge in [-0.05, 0) is 67.3 Å². The lowest BCUT2D eigenvalue weighted by atomic mass is 10.1. The molecule has 0 radical (unpaired) electrons. The minimum Gasteiger partial charge on any atom is -0.415 e. The van der Waals surface area contributed by atoms with Gasteiger partial charge in [0.1, 0.15) is 11.4 Å². The van der Waals surface area contributed by atoms with Gasteiger partial charge in [0.25, 0.3) is 5.91 Å². The molecule has 8 rings (SSSR count). The number of amides is 1. The number of azo groups is 1. The highest BCUT2D eigenvalue weighted by atomic mass is 32.1. The van der Waals surface area contributed by atoms with E-state index in [9.17, 15) is 31.5 Å². The largest absolute Gasteiger partial charge is 0.415 e. The molecule has 1 saturated heterocycles. The number of halogens is 5. The topological polar surface area (TPSA) is 119 Å². The number of aromatic amines is 2. The number of ether oxygens (including phenoxy) is 1. The number of carbonyl (C=O) groups excluding carboxylic acids is 2. The Morgan fingerprint density at radius 1 is 0.816 bits per heavy atom. The van der Waals surface area contributed by atoms with Crippen LogP contribution in [0.25, 0.3) is 21.8 Å². The van der Waals surface area contributed by atoms with Crippen LogP contribution in [0.3, 0.4) is 0 Å². The number of carbonyl (C=O) groups is 2. The zero-order chi connectivity index (χ0) is 34.0. The lowest BCUT2D eigenvalue weighted by Gasteiger charge is -2.16. The summed E-state index contributed by atoms with van der Waals surface area (Å²) in [5.74, 6) is -14.7. The van der Waals surface area contributed by atoms with Crippen molar-refractivity contribution >= 4 is 66.5 Å².